The highest BCUT2D eigenvalue weighted by Gasteiger charge is 2.24. The van der Waals surface area contributed by atoms with E-state index >= 15 is 0 Å². The average molecular weight is 242 g/mol. The van der Waals surface area contributed by atoms with E-state index in [0.29, 0.717) is 22.0 Å². The molecule has 0 N–H and O–H groups in total. The minimum atomic E-state index is 0.313. The van der Waals surface area contributed by atoms with Crippen molar-refractivity contribution in [3.8, 4) is 5.88 Å². The molecule has 0 amide bonds. The second kappa shape index (κ2) is 3.46. The van der Waals surface area contributed by atoms with Gasteiger partial charge in [0.2, 0.25) is 5.88 Å². The van der Waals surface area contributed by atoms with Gasteiger partial charge < -0.3 is 4.74 Å². The Labute approximate surface area is 84.2 Å². The molecular weight excluding hydrogens is 234 g/mol. The molecule has 1 fully saturated rings. The number of hydrogen-bond acceptors (Lipinski definition) is 3. The van der Waals surface area contributed by atoms with Gasteiger partial charge in [-0.25, -0.2) is 4.98 Å². The van der Waals surface area contributed by atoms with Crippen molar-refractivity contribution in [2.24, 2.45) is 0 Å². The van der Waals surface area contributed by atoms with Crippen LogP contribution in [0.5, 0.6) is 5.88 Å². The molecule has 1 aliphatic carbocycles. The van der Waals surface area contributed by atoms with Gasteiger partial charge in [0.05, 0.1) is 0 Å². The summed E-state index contributed by atoms with van der Waals surface area (Å²) in [6.07, 6.45) is 4.86. The summed E-state index contributed by atoms with van der Waals surface area (Å²) < 4.78 is 6.13. The molecule has 1 saturated carbocycles. The Morgan fingerprint density at radius 1 is 1.62 bits per heavy atom. The van der Waals surface area contributed by atoms with Gasteiger partial charge in [0.15, 0.2) is 6.29 Å². The molecule has 13 heavy (non-hydrogen) atoms. The largest absolute Gasteiger partial charge is 0.474 e. The normalized spacial score (nSPS) is 15.5. The average Bonchev–Trinajstić information content (AvgIpc) is 2.92. The summed E-state index contributed by atoms with van der Waals surface area (Å²) >= 11 is 3.22. The maximum Gasteiger partial charge on any atom is 0.214 e. The fraction of sp³-hybridized carbons (Fsp3) is 0.333. The molecule has 0 spiro atoms. The Morgan fingerprint density at radius 2 is 2.38 bits per heavy atom. The van der Waals surface area contributed by atoms with Crippen LogP contribution in [0.15, 0.2) is 16.7 Å². The van der Waals surface area contributed by atoms with Crippen molar-refractivity contribution in [1.29, 1.82) is 0 Å². The molecule has 3 nitrogen and oxygen atoms in total. The van der Waals surface area contributed by atoms with E-state index in [4.69, 9.17) is 4.74 Å². The molecule has 1 aromatic heterocycles. The molecular formula is C9H8BrNO2. The van der Waals surface area contributed by atoms with Gasteiger partial charge in [-0.05, 0) is 28.8 Å². The number of hydrogen-bond donors (Lipinski definition) is 0. The van der Waals surface area contributed by atoms with E-state index in [1.807, 2.05) is 0 Å². The highest BCUT2D eigenvalue weighted by atomic mass is 79.9. The first-order valence-corrected chi connectivity index (χ1v) is 4.86. The molecule has 0 radical (unpaired) electrons. The number of pyridine rings is 1. The summed E-state index contributed by atoms with van der Waals surface area (Å²) in [5, 5.41) is 0. The van der Waals surface area contributed by atoms with Gasteiger partial charge in [-0.3, -0.25) is 4.79 Å². The summed E-state index contributed by atoms with van der Waals surface area (Å²) in [4.78, 5) is 14.6. The van der Waals surface area contributed by atoms with Crippen LogP contribution in [0.4, 0.5) is 0 Å². The summed E-state index contributed by atoms with van der Waals surface area (Å²) in [7, 11) is 0. The van der Waals surface area contributed by atoms with Crippen molar-refractivity contribution < 1.29 is 9.53 Å². The molecule has 2 rings (SSSR count). The predicted molar refractivity (Wildman–Crippen MR) is 51.0 cm³/mol. The summed E-state index contributed by atoms with van der Waals surface area (Å²) in [6, 6.07) is 1.65. The Kier molecular flexibility index (Phi) is 2.31. The zero-order valence-corrected chi connectivity index (χ0v) is 8.45. The van der Waals surface area contributed by atoms with Gasteiger partial charge in [-0.1, -0.05) is 0 Å². The third kappa shape index (κ3) is 2.06. The highest BCUT2D eigenvalue weighted by molar-refractivity contribution is 9.10. The Bertz CT molecular complexity index is 336. The topological polar surface area (TPSA) is 39.2 Å². The van der Waals surface area contributed by atoms with Crippen molar-refractivity contribution in [2.45, 2.75) is 18.9 Å². The smallest absolute Gasteiger partial charge is 0.214 e. The molecule has 68 valence electrons. The summed E-state index contributed by atoms with van der Waals surface area (Å²) in [5.41, 5.74) is 0.575. The molecule has 0 atom stereocenters. The SMILES string of the molecule is O=Cc1cc(OC2CC2)ncc1Br. The van der Waals surface area contributed by atoms with Gasteiger partial charge >= 0.3 is 0 Å². The van der Waals surface area contributed by atoms with E-state index in [-0.39, 0.29) is 0 Å². The van der Waals surface area contributed by atoms with Crippen LogP contribution in [0, 0.1) is 0 Å². The van der Waals surface area contributed by atoms with Gasteiger partial charge in [-0.15, -0.1) is 0 Å². The van der Waals surface area contributed by atoms with E-state index in [1.165, 1.54) is 0 Å². The highest BCUT2D eigenvalue weighted by Crippen LogP contribution is 2.27. The van der Waals surface area contributed by atoms with Gasteiger partial charge in [-0.2, -0.15) is 0 Å². The van der Waals surface area contributed by atoms with Crippen molar-refractivity contribution in [3.63, 3.8) is 0 Å². The van der Waals surface area contributed by atoms with E-state index < -0.39 is 0 Å². The van der Waals surface area contributed by atoms with Crippen LogP contribution < -0.4 is 4.74 Å². The van der Waals surface area contributed by atoms with E-state index in [2.05, 4.69) is 20.9 Å². The molecule has 1 heterocycles. The summed E-state index contributed by atoms with van der Waals surface area (Å²) in [6.45, 7) is 0. The number of carbonyl (C=O) groups is 1. The lowest BCUT2D eigenvalue weighted by molar-refractivity contribution is 0.112. The Morgan fingerprint density at radius 3 is 3.00 bits per heavy atom. The molecule has 1 aromatic rings. The fourth-order valence-corrected chi connectivity index (χ4v) is 1.26. The van der Waals surface area contributed by atoms with E-state index in [9.17, 15) is 4.79 Å². The summed E-state index contributed by atoms with van der Waals surface area (Å²) in [5.74, 6) is 0.535. The van der Waals surface area contributed by atoms with Gasteiger partial charge in [0, 0.05) is 22.3 Å². The first-order chi connectivity index (χ1) is 6.29. The number of ether oxygens (including phenoxy) is 1. The molecule has 1 aliphatic rings. The number of aldehydes is 1. The van der Waals surface area contributed by atoms with Crippen molar-refractivity contribution in [3.05, 3.63) is 22.3 Å². The zero-order chi connectivity index (χ0) is 9.26. The van der Waals surface area contributed by atoms with E-state index in [0.717, 1.165) is 19.1 Å². The lowest BCUT2D eigenvalue weighted by atomic mass is 10.3. The maximum absolute atomic E-state index is 10.6. The first-order valence-electron chi connectivity index (χ1n) is 4.07. The van der Waals surface area contributed by atoms with Crippen LogP contribution in [0.1, 0.15) is 23.2 Å². The van der Waals surface area contributed by atoms with Crippen molar-refractivity contribution >= 4 is 22.2 Å². The number of aromatic nitrogens is 1. The molecule has 0 unspecified atom stereocenters. The van der Waals surface area contributed by atoms with Crippen LogP contribution in [-0.4, -0.2) is 17.4 Å². The minimum Gasteiger partial charge on any atom is -0.474 e. The van der Waals surface area contributed by atoms with Crippen LogP contribution in [0.3, 0.4) is 0 Å². The van der Waals surface area contributed by atoms with Crippen LogP contribution in [0.2, 0.25) is 0 Å². The van der Waals surface area contributed by atoms with Crippen LogP contribution in [-0.2, 0) is 0 Å². The van der Waals surface area contributed by atoms with Gasteiger partial charge in [0.25, 0.3) is 0 Å². The van der Waals surface area contributed by atoms with E-state index in [1.54, 1.807) is 12.3 Å². The lowest BCUT2D eigenvalue weighted by Gasteiger charge is -2.03. The third-order valence-corrected chi connectivity index (χ3v) is 2.46. The van der Waals surface area contributed by atoms with Gasteiger partial charge in [0.1, 0.15) is 6.10 Å². The predicted octanol–water partition coefficient (Wildman–Crippen LogP) is 2.20. The third-order valence-electron chi connectivity index (χ3n) is 1.80. The van der Waals surface area contributed by atoms with Crippen LogP contribution in [0.25, 0.3) is 0 Å². The number of carbonyl (C=O) groups excluding carboxylic acids is 1. The Hall–Kier alpha value is -0.900. The quantitative estimate of drug-likeness (QED) is 0.762. The molecule has 0 bridgehead atoms. The van der Waals surface area contributed by atoms with Crippen molar-refractivity contribution in [2.75, 3.05) is 0 Å². The number of halogens is 1. The molecule has 0 aromatic carbocycles. The number of rotatable bonds is 3. The van der Waals surface area contributed by atoms with Crippen LogP contribution >= 0.6 is 15.9 Å². The minimum absolute atomic E-state index is 0.313. The molecule has 4 heteroatoms. The maximum atomic E-state index is 10.6. The second-order valence-electron chi connectivity index (χ2n) is 2.98. The molecule has 0 saturated heterocycles. The number of nitrogens with zero attached hydrogens (tertiary/aromatic N) is 1. The lowest BCUT2D eigenvalue weighted by Crippen LogP contribution is -1.99. The standard InChI is InChI=1S/C9H8BrNO2/c10-8-4-11-9(3-6(8)5-12)13-7-1-2-7/h3-5,7H,1-2H2. The monoisotopic (exact) mass is 241 g/mol. The molecule has 0 aliphatic heterocycles. The fourth-order valence-electron chi connectivity index (χ4n) is 0.945. The first kappa shape index (κ1) is 8.69. The zero-order valence-electron chi connectivity index (χ0n) is 6.87. The Balaban J connectivity index is 2.20. The second-order valence-corrected chi connectivity index (χ2v) is 3.83. The van der Waals surface area contributed by atoms with Crippen molar-refractivity contribution in [1.82, 2.24) is 4.98 Å².